The van der Waals surface area contributed by atoms with Crippen LogP contribution in [0, 0.1) is 0 Å². The van der Waals surface area contributed by atoms with E-state index >= 15 is 0 Å². The van der Waals surface area contributed by atoms with Crippen molar-refractivity contribution in [1.82, 2.24) is 5.32 Å². The van der Waals surface area contributed by atoms with Gasteiger partial charge in [0, 0.05) is 17.2 Å². The maximum Gasteiger partial charge on any atom is 0.425 e. The van der Waals surface area contributed by atoms with Crippen LogP contribution < -0.4 is 5.32 Å². The summed E-state index contributed by atoms with van der Waals surface area (Å²) in [6.45, 7) is 0.00340. The molecular formula is C23H18F3NO4S. The van der Waals surface area contributed by atoms with E-state index in [0.29, 0.717) is 11.3 Å². The fourth-order valence-electron chi connectivity index (χ4n) is 3.82. The standard InChI is InChI=1S/C23H18F3NO4S/c24-23(25,26)20-10-9-13(32-20)11-19(21(28)29)27-22(30)31-12-18-16-7-3-1-5-14(16)15-6-2-4-8-17(15)18/h1-10,18-19H,11-12H2,(H,27,30)(H,28,29). The molecule has 0 bridgehead atoms. The zero-order chi connectivity index (χ0) is 22.9. The number of halogens is 3. The van der Waals surface area contributed by atoms with Gasteiger partial charge in [-0.15, -0.1) is 11.3 Å². The highest BCUT2D eigenvalue weighted by molar-refractivity contribution is 7.12. The summed E-state index contributed by atoms with van der Waals surface area (Å²) in [6, 6.07) is 16.2. The number of rotatable bonds is 6. The van der Waals surface area contributed by atoms with Crippen LogP contribution >= 0.6 is 11.3 Å². The number of ether oxygens (including phenoxy) is 1. The fraction of sp³-hybridized carbons (Fsp3) is 0.217. The quantitative estimate of drug-likeness (QED) is 0.522. The van der Waals surface area contributed by atoms with Crippen molar-refractivity contribution in [2.45, 2.75) is 24.6 Å². The molecule has 1 aliphatic carbocycles. The van der Waals surface area contributed by atoms with Crippen LogP contribution in [0.2, 0.25) is 0 Å². The molecule has 1 aromatic heterocycles. The molecule has 9 heteroatoms. The van der Waals surface area contributed by atoms with Crippen LogP contribution in [0.3, 0.4) is 0 Å². The number of benzene rings is 2. The maximum absolute atomic E-state index is 12.8. The first-order valence-corrected chi connectivity index (χ1v) is 10.6. The molecule has 3 aromatic rings. The van der Waals surface area contributed by atoms with E-state index in [1.807, 2.05) is 48.5 Å². The van der Waals surface area contributed by atoms with Gasteiger partial charge >= 0.3 is 18.2 Å². The molecule has 0 aliphatic heterocycles. The molecule has 0 saturated heterocycles. The van der Waals surface area contributed by atoms with Crippen LogP contribution in [-0.2, 0) is 22.1 Å². The van der Waals surface area contributed by atoms with E-state index in [4.69, 9.17) is 4.74 Å². The predicted molar refractivity (Wildman–Crippen MR) is 113 cm³/mol. The van der Waals surface area contributed by atoms with Crippen LogP contribution in [0.15, 0.2) is 60.7 Å². The molecule has 0 saturated carbocycles. The summed E-state index contributed by atoms with van der Waals surface area (Å²) >= 11 is 0.451. The van der Waals surface area contributed by atoms with E-state index in [1.165, 1.54) is 6.07 Å². The third-order valence-electron chi connectivity index (χ3n) is 5.28. The summed E-state index contributed by atoms with van der Waals surface area (Å²) in [6.07, 6.45) is -5.71. The Hall–Kier alpha value is -3.33. The molecule has 5 nitrogen and oxygen atoms in total. The molecule has 1 amide bonds. The van der Waals surface area contributed by atoms with Gasteiger partial charge in [-0.3, -0.25) is 0 Å². The maximum atomic E-state index is 12.8. The Balaban J connectivity index is 1.41. The van der Waals surface area contributed by atoms with E-state index < -0.39 is 29.2 Å². The summed E-state index contributed by atoms with van der Waals surface area (Å²) in [4.78, 5) is 23.2. The first-order valence-electron chi connectivity index (χ1n) is 9.74. The number of alkyl halides is 3. The first kappa shape index (κ1) is 21.9. The summed E-state index contributed by atoms with van der Waals surface area (Å²) in [5.74, 6) is -1.55. The fourth-order valence-corrected chi connectivity index (χ4v) is 4.74. The van der Waals surface area contributed by atoms with E-state index in [0.717, 1.165) is 28.3 Å². The number of thiophene rings is 1. The lowest BCUT2D eigenvalue weighted by atomic mass is 9.98. The van der Waals surface area contributed by atoms with Crippen LogP contribution in [0.5, 0.6) is 0 Å². The number of nitrogens with one attached hydrogen (secondary N) is 1. The molecule has 1 heterocycles. The van der Waals surface area contributed by atoms with Crippen molar-refractivity contribution in [3.63, 3.8) is 0 Å². The summed E-state index contributed by atoms with van der Waals surface area (Å²) < 4.78 is 43.6. The van der Waals surface area contributed by atoms with Crippen molar-refractivity contribution in [2.24, 2.45) is 0 Å². The van der Waals surface area contributed by atoms with Gasteiger partial charge in [0.25, 0.3) is 0 Å². The first-order chi connectivity index (χ1) is 15.2. The van der Waals surface area contributed by atoms with E-state index in [1.54, 1.807) is 0 Å². The predicted octanol–water partition coefficient (Wildman–Crippen LogP) is 5.30. The second-order valence-electron chi connectivity index (χ2n) is 7.33. The molecule has 1 atom stereocenters. The molecular weight excluding hydrogens is 443 g/mol. The molecule has 2 N–H and O–H groups in total. The highest BCUT2D eigenvalue weighted by atomic mass is 32.1. The SMILES string of the molecule is O=C(NC(Cc1ccc(C(F)(F)F)s1)C(=O)O)OCC1c2ccccc2-c2ccccc21. The lowest BCUT2D eigenvalue weighted by Crippen LogP contribution is -2.42. The molecule has 0 fully saturated rings. The van der Waals surface area contributed by atoms with Gasteiger partial charge in [0.1, 0.15) is 17.5 Å². The molecule has 166 valence electrons. The van der Waals surface area contributed by atoms with Crippen molar-refractivity contribution < 1.29 is 32.6 Å². The normalized spacial score (nSPS) is 13.8. The molecule has 2 aromatic carbocycles. The van der Waals surface area contributed by atoms with E-state index in [-0.39, 0.29) is 23.8 Å². The number of fused-ring (bicyclic) bond motifs is 3. The third-order valence-corrected chi connectivity index (χ3v) is 6.43. The van der Waals surface area contributed by atoms with Gasteiger partial charge in [0.15, 0.2) is 0 Å². The smallest absolute Gasteiger partial charge is 0.425 e. The molecule has 4 rings (SSSR count). The van der Waals surface area contributed by atoms with E-state index in [2.05, 4.69) is 5.32 Å². The van der Waals surface area contributed by atoms with Gasteiger partial charge in [0.05, 0.1) is 0 Å². The monoisotopic (exact) mass is 461 g/mol. The number of carboxylic acids is 1. The minimum absolute atomic E-state index is 0.00340. The Labute approximate surface area is 185 Å². The number of carboxylic acid groups (broad SMARTS) is 1. The second kappa shape index (κ2) is 8.66. The molecule has 0 spiro atoms. The zero-order valence-electron chi connectivity index (χ0n) is 16.6. The number of aliphatic carboxylic acids is 1. The van der Waals surface area contributed by atoms with Gasteiger partial charge in [-0.05, 0) is 34.4 Å². The Bertz CT molecular complexity index is 1110. The summed E-state index contributed by atoms with van der Waals surface area (Å²) in [5.41, 5.74) is 4.13. The highest BCUT2D eigenvalue weighted by Crippen LogP contribution is 2.44. The van der Waals surface area contributed by atoms with Crippen LogP contribution in [0.25, 0.3) is 11.1 Å². The number of alkyl carbamates (subject to hydrolysis) is 1. The number of hydrogen-bond donors (Lipinski definition) is 2. The Kier molecular flexibility index (Phi) is 5.92. The number of carbonyl (C=O) groups excluding carboxylic acids is 1. The minimum atomic E-state index is -4.50. The van der Waals surface area contributed by atoms with Gasteiger partial charge in [-0.2, -0.15) is 13.2 Å². The van der Waals surface area contributed by atoms with Crippen LogP contribution in [0.4, 0.5) is 18.0 Å². The number of hydrogen-bond acceptors (Lipinski definition) is 4. The van der Waals surface area contributed by atoms with Gasteiger partial charge in [-0.1, -0.05) is 48.5 Å². The third kappa shape index (κ3) is 4.47. The molecule has 1 unspecified atom stereocenters. The molecule has 32 heavy (non-hydrogen) atoms. The summed E-state index contributed by atoms with van der Waals surface area (Å²) in [7, 11) is 0. The molecule has 0 radical (unpaired) electrons. The largest absolute Gasteiger partial charge is 0.480 e. The Morgan fingerprint density at radius 2 is 1.59 bits per heavy atom. The lowest BCUT2D eigenvalue weighted by Gasteiger charge is -2.17. The summed E-state index contributed by atoms with van der Waals surface area (Å²) in [5, 5.41) is 11.7. The average Bonchev–Trinajstić information content (AvgIpc) is 3.35. The van der Waals surface area contributed by atoms with Gasteiger partial charge in [-0.25, -0.2) is 9.59 Å². The topological polar surface area (TPSA) is 75.6 Å². The van der Waals surface area contributed by atoms with E-state index in [9.17, 15) is 27.9 Å². The van der Waals surface area contributed by atoms with Crippen LogP contribution in [-0.4, -0.2) is 29.8 Å². The Morgan fingerprint density at radius 1 is 1.00 bits per heavy atom. The van der Waals surface area contributed by atoms with Crippen molar-refractivity contribution in [1.29, 1.82) is 0 Å². The zero-order valence-corrected chi connectivity index (χ0v) is 17.4. The van der Waals surface area contributed by atoms with Crippen molar-refractivity contribution in [3.05, 3.63) is 81.5 Å². The van der Waals surface area contributed by atoms with Gasteiger partial charge < -0.3 is 15.2 Å². The number of carbonyl (C=O) groups is 2. The van der Waals surface area contributed by atoms with Crippen molar-refractivity contribution in [3.8, 4) is 11.1 Å². The lowest BCUT2D eigenvalue weighted by molar-refractivity contribution is -0.139. The average molecular weight is 461 g/mol. The van der Waals surface area contributed by atoms with Crippen molar-refractivity contribution in [2.75, 3.05) is 6.61 Å². The van der Waals surface area contributed by atoms with Gasteiger partial charge in [0.2, 0.25) is 0 Å². The van der Waals surface area contributed by atoms with Crippen LogP contribution in [0.1, 0.15) is 26.8 Å². The minimum Gasteiger partial charge on any atom is -0.480 e. The van der Waals surface area contributed by atoms with Crippen molar-refractivity contribution >= 4 is 23.4 Å². The Morgan fingerprint density at radius 3 is 2.12 bits per heavy atom. The number of amides is 1. The highest BCUT2D eigenvalue weighted by Gasteiger charge is 2.33. The second-order valence-corrected chi connectivity index (χ2v) is 8.50. The molecule has 1 aliphatic rings.